The smallest absolute Gasteiger partial charge is 0.255 e. The topological polar surface area (TPSA) is 84.7 Å². The first kappa shape index (κ1) is 19.9. The second kappa shape index (κ2) is 9.37. The van der Waals surface area contributed by atoms with Gasteiger partial charge in [0.2, 0.25) is 0 Å². The number of primary amides is 1. The number of nitrogens with zero attached hydrogens (tertiary/aromatic N) is 1. The van der Waals surface area contributed by atoms with Gasteiger partial charge in [-0.1, -0.05) is 43.3 Å². The number of fused-ring (bicyclic) bond motifs is 1. The van der Waals surface area contributed by atoms with Crippen LogP contribution in [0.5, 0.6) is 5.75 Å². The van der Waals surface area contributed by atoms with Crippen molar-refractivity contribution in [2.75, 3.05) is 19.7 Å². The van der Waals surface area contributed by atoms with Crippen LogP contribution in [-0.2, 0) is 17.8 Å². The predicted molar refractivity (Wildman–Crippen MR) is 108 cm³/mol. The summed E-state index contributed by atoms with van der Waals surface area (Å²) >= 11 is 0. The highest BCUT2D eigenvalue weighted by Crippen LogP contribution is 2.22. The van der Waals surface area contributed by atoms with Crippen LogP contribution in [0.4, 0.5) is 0 Å². The zero-order valence-electron chi connectivity index (χ0n) is 16.2. The third-order valence-corrected chi connectivity index (χ3v) is 5.15. The Kier molecular flexibility index (Phi) is 6.66. The van der Waals surface area contributed by atoms with Crippen molar-refractivity contribution in [3.8, 4) is 5.75 Å². The van der Waals surface area contributed by atoms with E-state index in [9.17, 15) is 9.59 Å². The highest BCUT2D eigenvalue weighted by molar-refractivity contribution is 5.97. The van der Waals surface area contributed by atoms with E-state index in [0.717, 1.165) is 25.9 Å². The quantitative estimate of drug-likeness (QED) is 0.734. The molecule has 2 amide bonds. The minimum atomic E-state index is -0.577. The monoisotopic (exact) mass is 381 g/mol. The van der Waals surface area contributed by atoms with Crippen molar-refractivity contribution in [3.63, 3.8) is 0 Å². The minimum absolute atomic E-state index is 0.212. The first-order valence-electron chi connectivity index (χ1n) is 9.67. The van der Waals surface area contributed by atoms with E-state index in [2.05, 4.69) is 41.4 Å². The molecule has 6 nitrogen and oxygen atoms in total. The molecule has 0 spiro atoms. The summed E-state index contributed by atoms with van der Waals surface area (Å²) in [4.78, 5) is 26.1. The Labute approximate surface area is 165 Å². The molecule has 0 saturated heterocycles. The second-order valence-corrected chi connectivity index (χ2v) is 7.01. The van der Waals surface area contributed by atoms with E-state index < -0.39 is 5.91 Å². The molecule has 1 aliphatic heterocycles. The molecule has 1 heterocycles. The predicted octanol–water partition coefficient (Wildman–Crippen LogP) is 2.12. The van der Waals surface area contributed by atoms with Gasteiger partial charge in [-0.25, -0.2) is 0 Å². The Bertz CT molecular complexity index is 837. The van der Waals surface area contributed by atoms with Crippen molar-refractivity contribution in [1.29, 1.82) is 0 Å². The van der Waals surface area contributed by atoms with Gasteiger partial charge in [0.15, 0.2) is 6.61 Å². The van der Waals surface area contributed by atoms with Gasteiger partial charge in [-0.15, -0.1) is 0 Å². The first-order chi connectivity index (χ1) is 13.6. The lowest BCUT2D eigenvalue weighted by Crippen LogP contribution is -2.45. The van der Waals surface area contributed by atoms with Crippen molar-refractivity contribution in [1.82, 2.24) is 10.2 Å². The van der Waals surface area contributed by atoms with Crippen molar-refractivity contribution < 1.29 is 14.3 Å². The molecule has 2 aromatic carbocycles. The number of carbonyl (C=O) groups excluding carboxylic acids is 2. The van der Waals surface area contributed by atoms with Gasteiger partial charge in [-0.2, -0.15) is 0 Å². The fourth-order valence-corrected chi connectivity index (χ4v) is 3.60. The van der Waals surface area contributed by atoms with Crippen LogP contribution in [0, 0.1) is 0 Å². The molecule has 1 atom stereocenters. The van der Waals surface area contributed by atoms with E-state index in [-0.39, 0.29) is 18.6 Å². The molecule has 2 aromatic rings. The maximum absolute atomic E-state index is 12.7. The van der Waals surface area contributed by atoms with E-state index in [1.54, 1.807) is 24.3 Å². The lowest BCUT2D eigenvalue weighted by Gasteiger charge is -2.35. The molecule has 1 aliphatic rings. The highest BCUT2D eigenvalue weighted by Gasteiger charge is 2.23. The maximum Gasteiger partial charge on any atom is 0.255 e. The summed E-state index contributed by atoms with van der Waals surface area (Å²) in [7, 11) is 0. The summed E-state index contributed by atoms with van der Waals surface area (Å²) in [6.07, 6.45) is 1.98. The molecule has 6 heteroatoms. The van der Waals surface area contributed by atoms with Gasteiger partial charge in [-0.3, -0.25) is 14.5 Å². The molecule has 0 unspecified atom stereocenters. The maximum atomic E-state index is 12.7. The summed E-state index contributed by atoms with van der Waals surface area (Å²) in [5.41, 5.74) is 8.31. The number of nitrogens with two attached hydrogens (primary N) is 1. The van der Waals surface area contributed by atoms with Crippen LogP contribution in [0.15, 0.2) is 48.5 Å². The molecule has 148 valence electrons. The number of carbonyl (C=O) groups is 2. The molecule has 0 bridgehead atoms. The lowest BCUT2D eigenvalue weighted by atomic mass is 9.98. The van der Waals surface area contributed by atoms with Crippen LogP contribution >= 0.6 is 0 Å². The van der Waals surface area contributed by atoms with Gasteiger partial charge < -0.3 is 15.8 Å². The van der Waals surface area contributed by atoms with E-state index in [1.165, 1.54) is 11.1 Å². The number of amides is 2. The standard InChI is InChI=1S/C22H27N3O3/c1-2-18(25-12-11-16-7-3-4-8-17(16)14-25)13-24-22(27)19-9-5-6-10-20(19)28-15-21(23)26/h3-10,18H,2,11-15H2,1H3,(H2,23,26)(H,24,27)/t18-/m0/s1. The molecular weight excluding hydrogens is 354 g/mol. The Morgan fingerprint density at radius 1 is 1.14 bits per heavy atom. The minimum Gasteiger partial charge on any atom is -0.483 e. The second-order valence-electron chi connectivity index (χ2n) is 7.01. The number of rotatable bonds is 8. The fraction of sp³-hybridized carbons (Fsp3) is 0.364. The van der Waals surface area contributed by atoms with Crippen LogP contribution < -0.4 is 15.8 Å². The van der Waals surface area contributed by atoms with Crippen LogP contribution in [0.2, 0.25) is 0 Å². The summed E-state index contributed by atoms with van der Waals surface area (Å²) < 4.78 is 5.36. The van der Waals surface area contributed by atoms with Gasteiger partial charge in [0, 0.05) is 25.7 Å². The third-order valence-electron chi connectivity index (χ3n) is 5.15. The van der Waals surface area contributed by atoms with Crippen molar-refractivity contribution in [2.24, 2.45) is 5.73 Å². The Hall–Kier alpha value is -2.86. The van der Waals surface area contributed by atoms with Crippen molar-refractivity contribution >= 4 is 11.8 Å². The molecule has 0 saturated carbocycles. The van der Waals surface area contributed by atoms with Gasteiger partial charge >= 0.3 is 0 Å². The normalized spacial score (nSPS) is 14.8. The van der Waals surface area contributed by atoms with E-state index in [0.29, 0.717) is 17.9 Å². The van der Waals surface area contributed by atoms with Crippen molar-refractivity contribution in [3.05, 3.63) is 65.2 Å². The van der Waals surface area contributed by atoms with Crippen LogP contribution in [0.1, 0.15) is 34.8 Å². The SMILES string of the molecule is CC[C@@H](CNC(=O)c1ccccc1OCC(N)=O)N1CCc2ccccc2C1. The van der Waals surface area contributed by atoms with Crippen molar-refractivity contribution in [2.45, 2.75) is 32.4 Å². The number of benzene rings is 2. The first-order valence-corrected chi connectivity index (χ1v) is 9.67. The number of para-hydroxylation sites is 1. The highest BCUT2D eigenvalue weighted by atomic mass is 16.5. The molecular formula is C22H27N3O3. The van der Waals surface area contributed by atoms with E-state index >= 15 is 0 Å². The van der Waals surface area contributed by atoms with E-state index in [1.807, 2.05) is 0 Å². The molecule has 3 N–H and O–H groups in total. The average Bonchev–Trinajstić information content (AvgIpc) is 2.72. The largest absolute Gasteiger partial charge is 0.483 e. The van der Waals surface area contributed by atoms with Crippen LogP contribution in [-0.4, -0.2) is 42.5 Å². The number of nitrogens with one attached hydrogen (secondary N) is 1. The van der Waals surface area contributed by atoms with Gasteiger partial charge in [-0.05, 0) is 36.1 Å². The third kappa shape index (κ3) is 4.89. The molecule has 3 rings (SSSR count). The average molecular weight is 381 g/mol. The number of ether oxygens (including phenoxy) is 1. The Morgan fingerprint density at radius 2 is 1.86 bits per heavy atom. The van der Waals surface area contributed by atoms with Gasteiger partial charge in [0.25, 0.3) is 11.8 Å². The van der Waals surface area contributed by atoms with Crippen LogP contribution in [0.25, 0.3) is 0 Å². The zero-order valence-corrected chi connectivity index (χ0v) is 16.2. The summed E-state index contributed by atoms with van der Waals surface area (Å²) in [5.74, 6) is -0.429. The molecule has 0 aromatic heterocycles. The molecule has 0 aliphatic carbocycles. The summed E-state index contributed by atoms with van der Waals surface area (Å²) in [5, 5.41) is 3.02. The molecule has 0 radical (unpaired) electrons. The Balaban J connectivity index is 1.61. The van der Waals surface area contributed by atoms with Gasteiger partial charge in [0.1, 0.15) is 5.75 Å². The fourth-order valence-electron chi connectivity index (χ4n) is 3.60. The molecule has 28 heavy (non-hydrogen) atoms. The lowest BCUT2D eigenvalue weighted by molar-refractivity contribution is -0.119. The van der Waals surface area contributed by atoms with E-state index in [4.69, 9.17) is 10.5 Å². The van der Waals surface area contributed by atoms with Crippen LogP contribution in [0.3, 0.4) is 0 Å². The summed E-state index contributed by atoms with van der Waals surface area (Å²) in [6.45, 7) is 4.34. The summed E-state index contributed by atoms with van der Waals surface area (Å²) in [6, 6.07) is 15.7. The number of hydrogen-bond acceptors (Lipinski definition) is 4. The molecule has 0 fully saturated rings. The zero-order chi connectivity index (χ0) is 19.9. The Morgan fingerprint density at radius 3 is 2.61 bits per heavy atom. The number of hydrogen-bond donors (Lipinski definition) is 2. The van der Waals surface area contributed by atoms with Gasteiger partial charge in [0.05, 0.1) is 5.56 Å².